The van der Waals surface area contributed by atoms with E-state index < -0.39 is 0 Å². The van der Waals surface area contributed by atoms with E-state index in [4.69, 9.17) is 4.74 Å². The maximum atomic E-state index is 12.4. The molecule has 0 saturated heterocycles. The van der Waals surface area contributed by atoms with Crippen molar-refractivity contribution in [3.8, 4) is 5.75 Å². The Balaban J connectivity index is 1.27. The zero-order valence-corrected chi connectivity index (χ0v) is 15.4. The molecule has 0 spiro atoms. The van der Waals surface area contributed by atoms with Crippen LogP contribution in [0.25, 0.3) is 0 Å². The van der Waals surface area contributed by atoms with Crippen LogP contribution in [0, 0.1) is 23.2 Å². The largest absolute Gasteiger partial charge is 0.497 e. The fraction of sp³-hybridized carbons (Fsp3) is 0.619. The van der Waals surface area contributed by atoms with Crippen molar-refractivity contribution in [2.45, 2.75) is 51.4 Å². The minimum absolute atomic E-state index is 0.0501. The van der Waals surface area contributed by atoms with Crippen molar-refractivity contribution >= 4 is 11.8 Å². The molecule has 26 heavy (non-hydrogen) atoms. The average Bonchev–Trinajstić information content (AvgIpc) is 2.58. The van der Waals surface area contributed by atoms with Gasteiger partial charge in [0.15, 0.2) is 0 Å². The van der Waals surface area contributed by atoms with Gasteiger partial charge in [0.25, 0.3) is 0 Å². The summed E-state index contributed by atoms with van der Waals surface area (Å²) < 4.78 is 5.17. The number of methoxy groups -OCH3 is 1. The first kappa shape index (κ1) is 17.4. The lowest BCUT2D eigenvalue weighted by Crippen LogP contribution is -2.50. The van der Waals surface area contributed by atoms with Gasteiger partial charge < -0.3 is 4.74 Å². The number of benzene rings is 1. The zero-order chi connectivity index (χ0) is 18.1. The second kappa shape index (κ2) is 6.93. The van der Waals surface area contributed by atoms with Crippen molar-refractivity contribution in [3.05, 3.63) is 29.8 Å². The van der Waals surface area contributed by atoms with Crippen molar-refractivity contribution in [3.63, 3.8) is 0 Å². The number of hydrogen-bond acceptors (Lipinski definition) is 3. The highest BCUT2D eigenvalue weighted by molar-refractivity contribution is 5.83. The van der Waals surface area contributed by atoms with E-state index in [0.29, 0.717) is 6.42 Å². The third-order valence-corrected chi connectivity index (χ3v) is 6.54. The van der Waals surface area contributed by atoms with E-state index in [2.05, 4.69) is 10.9 Å². The lowest BCUT2D eigenvalue weighted by Gasteiger charge is -2.56. The minimum atomic E-state index is -0.211. The van der Waals surface area contributed by atoms with Gasteiger partial charge in [-0.1, -0.05) is 12.1 Å². The number of ether oxygens (including phenoxy) is 1. The summed E-state index contributed by atoms with van der Waals surface area (Å²) in [7, 11) is 1.60. The molecule has 1 aromatic carbocycles. The summed E-state index contributed by atoms with van der Waals surface area (Å²) in [5.74, 6) is 2.95. The van der Waals surface area contributed by atoms with E-state index in [0.717, 1.165) is 29.1 Å². The van der Waals surface area contributed by atoms with Crippen LogP contribution in [0.2, 0.25) is 0 Å². The molecule has 4 aliphatic carbocycles. The second-order valence-corrected chi connectivity index (χ2v) is 8.72. The summed E-state index contributed by atoms with van der Waals surface area (Å²) in [6.07, 6.45) is 8.48. The zero-order valence-electron chi connectivity index (χ0n) is 15.4. The number of nitrogens with one attached hydrogen (secondary N) is 2. The highest BCUT2D eigenvalue weighted by Gasteiger charge is 2.51. The van der Waals surface area contributed by atoms with Crippen LogP contribution in [0.1, 0.15) is 50.5 Å². The number of hydrazine groups is 1. The Labute approximate surface area is 154 Å². The highest BCUT2D eigenvalue weighted by Crippen LogP contribution is 2.61. The number of hydrogen-bond donors (Lipinski definition) is 2. The number of amides is 2. The van der Waals surface area contributed by atoms with Crippen LogP contribution in [0.4, 0.5) is 0 Å². The van der Waals surface area contributed by atoms with Gasteiger partial charge in [-0.2, -0.15) is 0 Å². The van der Waals surface area contributed by atoms with Crippen molar-refractivity contribution in [2.24, 2.45) is 23.2 Å². The molecule has 4 aliphatic rings. The normalized spacial score (nSPS) is 31.5. The molecule has 0 atom stereocenters. The molecule has 4 bridgehead atoms. The minimum Gasteiger partial charge on any atom is -0.497 e. The quantitative estimate of drug-likeness (QED) is 0.797. The van der Waals surface area contributed by atoms with Crippen LogP contribution in [0.5, 0.6) is 5.75 Å². The first-order valence-electron chi connectivity index (χ1n) is 9.74. The predicted octanol–water partition coefficient (Wildman–Crippen LogP) is 2.99. The Morgan fingerprint density at radius 1 is 1.04 bits per heavy atom. The van der Waals surface area contributed by atoms with Crippen LogP contribution in [0.3, 0.4) is 0 Å². The van der Waals surface area contributed by atoms with E-state index in [-0.39, 0.29) is 23.7 Å². The first-order chi connectivity index (χ1) is 12.5. The summed E-state index contributed by atoms with van der Waals surface area (Å²) in [5, 5.41) is 0. The molecule has 4 fully saturated rings. The van der Waals surface area contributed by atoms with Gasteiger partial charge in [-0.3, -0.25) is 20.4 Å². The van der Waals surface area contributed by atoms with Crippen LogP contribution in [-0.4, -0.2) is 18.9 Å². The Hall–Kier alpha value is -2.04. The van der Waals surface area contributed by atoms with Crippen LogP contribution in [0.15, 0.2) is 24.3 Å². The maximum absolute atomic E-state index is 12.4. The van der Waals surface area contributed by atoms with Crippen LogP contribution in [-0.2, 0) is 16.0 Å². The summed E-state index contributed by atoms with van der Waals surface area (Å²) in [5.41, 5.74) is 6.26. The molecule has 0 heterocycles. The number of carbonyl (C=O) groups excluding carboxylic acids is 2. The summed E-state index contributed by atoms with van der Waals surface area (Å²) in [4.78, 5) is 24.6. The molecule has 0 aromatic heterocycles. The van der Waals surface area contributed by atoms with E-state index in [9.17, 15) is 9.59 Å². The van der Waals surface area contributed by atoms with Gasteiger partial charge in [-0.15, -0.1) is 0 Å². The molecule has 140 valence electrons. The third-order valence-electron chi connectivity index (χ3n) is 6.54. The van der Waals surface area contributed by atoms with Gasteiger partial charge in [0, 0.05) is 6.42 Å². The molecule has 4 saturated carbocycles. The van der Waals surface area contributed by atoms with Gasteiger partial charge in [-0.05, 0) is 79.4 Å². The fourth-order valence-electron chi connectivity index (χ4n) is 6.04. The molecular formula is C21H28N2O3. The number of rotatable bonds is 5. The van der Waals surface area contributed by atoms with E-state index >= 15 is 0 Å². The average molecular weight is 356 g/mol. The molecule has 5 heteroatoms. The maximum Gasteiger partial charge on any atom is 0.242 e. The third kappa shape index (κ3) is 3.71. The topological polar surface area (TPSA) is 67.4 Å². The number of carbonyl (C=O) groups is 2. The van der Waals surface area contributed by atoms with Crippen molar-refractivity contribution in [1.82, 2.24) is 10.9 Å². The van der Waals surface area contributed by atoms with Gasteiger partial charge >= 0.3 is 0 Å². The van der Waals surface area contributed by atoms with Gasteiger partial charge in [0.05, 0.1) is 13.5 Å². The van der Waals surface area contributed by atoms with Crippen molar-refractivity contribution < 1.29 is 14.3 Å². The molecule has 1 aromatic rings. The molecule has 2 N–H and O–H groups in total. The van der Waals surface area contributed by atoms with Crippen LogP contribution < -0.4 is 15.6 Å². The van der Waals surface area contributed by atoms with E-state index in [1.54, 1.807) is 7.11 Å². The summed E-state index contributed by atoms with van der Waals surface area (Å²) in [6, 6.07) is 7.40. The Kier molecular flexibility index (Phi) is 4.63. The molecule has 0 aliphatic heterocycles. The molecule has 0 radical (unpaired) electrons. The summed E-state index contributed by atoms with van der Waals surface area (Å²) in [6.45, 7) is 0. The monoisotopic (exact) mass is 356 g/mol. The molecule has 2 amide bonds. The molecular weight excluding hydrogens is 328 g/mol. The van der Waals surface area contributed by atoms with Gasteiger partial charge in [0.1, 0.15) is 5.75 Å². The second-order valence-electron chi connectivity index (χ2n) is 8.72. The fourth-order valence-corrected chi connectivity index (χ4v) is 6.04. The Morgan fingerprint density at radius 2 is 1.65 bits per heavy atom. The smallest absolute Gasteiger partial charge is 0.242 e. The Bertz CT molecular complexity index is 665. The van der Waals surface area contributed by atoms with Gasteiger partial charge in [-0.25, -0.2) is 0 Å². The lowest BCUT2D eigenvalue weighted by molar-refractivity contribution is -0.134. The van der Waals surface area contributed by atoms with Crippen molar-refractivity contribution in [1.29, 1.82) is 0 Å². The standard InChI is InChI=1S/C21H28N2O3/c1-26-18-4-2-3-14(8-18)9-19(24)22-23-20(25)13-21-10-15-5-16(11-21)7-17(6-15)12-21/h2-4,8,15-17H,5-7,9-13H2,1H3,(H,22,24)(H,23,25). The molecule has 5 rings (SSSR count). The SMILES string of the molecule is COc1cccc(CC(=O)NNC(=O)CC23CC4CC(CC(C4)C2)C3)c1. The van der Waals surface area contributed by atoms with Crippen molar-refractivity contribution in [2.75, 3.05) is 7.11 Å². The van der Waals surface area contributed by atoms with Crippen LogP contribution >= 0.6 is 0 Å². The lowest BCUT2D eigenvalue weighted by atomic mass is 9.49. The first-order valence-corrected chi connectivity index (χ1v) is 9.74. The predicted molar refractivity (Wildman–Crippen MR) is 98.2 cm³/mol. The van der Waals surface area contributed by atoms with E-state index in [1.165, 1.54) is 38.5 Å². The molecule has 5 nitrogen and oxygen atoms in total. The highest BCUT2D eigenvalue weighted by atomic mass is 16.5. The van der Waals surface area contributed by atoms with Gasteiger partial charge in [0.2, 0.25) is 11.8 Å². The van der Waals surface area contributed by atoms with E-state index in [1.807, 2.05) is 24.3 Å². The molecule has 0 unspecified atom stereocenters. The Morgan fingerprint density at radius 3 is 2.27 bits per heavy atom. The summed E-state index contributed by atoms with van der Waals surface area (Å²) >= 11 is 0.